The van der Waals surface area contributed by atoms with Crippen LogP contribution in [0, 0.1) is 5.82 Å². The monoisotopic (exact) mass is 319 g/mol. The van der Waals surface area contributed by atoms with E-state index < -0.39 is 0 Å². The molecule has 0 unspecified atom stereocenters. The third-order valence-electron chi connectivity index (χ3n) is 5.95. The van der Waals surface area contributed by atoms with Crippen LogP contribution in [0.4, 0.5) is 10.1 Å². The standard InChI is InChI=1S/C20H32FN2/c1-23(15-6-3-7-16-23)17-14-22(19-8-4-2-5-9-19)20-12-10-18(21)11-13-20/h10-13,19H,2-9,14-17H2,1H3/q+1. The van der Waals surface area contributed by atoms with Crippen LogP contribution in [0.25, 0.3) is 0 Å². The molecular weight excluding hydrogens is 287 g/mol. The number of halogens is 1. The van der Waals surface area contributed by atoms with Crippen LogP contribution >= 0.6 is 0 Å². The second-order valence-electron chi connectivity index (χ2n) is 7.81. The summed E-state index contributed by atoms with van der Waals surface area (Å²) in [5.74, 6) is -0.132. The molecule has 1 saturated carbocycles. The van der Waals surface area contributed by atoms with E-state index in [4.69, 9.17) is 0 Å². The van der Waals surface area contributed by atoms with Gasteiger partial charge in [-0.1, -0.05) is 19.3 Å². The van der Waals surface area contributed by atoms with Crippen LogP contribution in [-0.4, -0.2) is 43.8 Å². The topological polar surface area (TPSA) is 3.24 Å². The smallest absolute Gasteiger partial charge is 0.123 e. The lowest BCUT2D eigenvalue weighted by Crippen LogP contribution is -2.53. The Kier molecular flexibility index (Phi) is 5.58. The van der Waals surface area contributed by atoms with Crippen LogP contribution in [0.5, 0.6) is 0 Å². The first-order valence-electron chi connectivity index (χ1n) is 9.52. The molecule has 2 nitrogen and oxygen atoms in total. The zero-order valence-electron chi connectivity index (χ0n) is 14.6. The van der Waals surface area contributed by atoms with Gasteiger partial charge in [-0.25, -0.2) is 4.39 Å². The number of quaternary nitrogens is 1. The number of likely N-dealkylation sites (N-methyl/N-ethyl adjacent to an activating group) is 1. The van der Waals surface area contributed by atoms with Crippen molar-refractivity contribution in [1.82, 2.24) is 0 Å². The van der Waals surface area contributed by atoms with Crippen LogP contribution in [0.1, 0.15) is 51.4 Å². The summed E-state index contributed by atoms with van der Waals surface area (Å²) in [5, 5.41) is 0. The summed E-state index contributed by atoms with van der Waals surface area (Å²) < 4.78 is 14.5. The Labute approximate surface area is 140 Å². The Bertz CT molecular complexity index is 473. The quantitative estimate of drug-likeness (QED) is 0.717. The van der Waals surface area contributed by atoms with E-state index in [1.807, 2.05) is 12.1 Å². The van der Waals surface area contributed by atoms with Gasteiger partial charge in [-0.05, 0) is 56.4 Å². The zero-order valence-corrected chi connectivity index (χ0v) is 14.6. The molecule has 1 heterocycles. The number of likely N-dealkylation sites (tertiary alicyclic amines) is 1. The first kappa shape index (κ1) is 16.8. The normalized spacial score (nSPS) is 22.0. The summed E-state index contributed by atoms with van der Waals surface area (Å²) in [6, 6.07) is 7.82. The maximum atomic E-state index is 13.3. The van der Waals surface area contributed by atoms with Gasteiger partial charge in [0.05, 0.1) is 33.2 Å². The minimum atomic E-state index is -0.132. The van der Waals surface area contributed by atoms with Crippen molar-refractivity contribution in [2.24, 2.45) is 0 Å². The van der Waals surface area contributed by atoms with E-state index in [1.54, 1.807) is 12.1 Å². The predicted molar refractivity (Wildman–Crippen MR) is 95.3 cm³/mol. The third kappa shape index (κ3) is 4.47. The van der Waals surface area contributed by atoms with Gasteiger partial charge in [-0.3, -0.25) is 0 Å². The first-order valence-corrected chi connectivity index (χ1v) is 9.52. The van der Waals surface area contributed by atoms with E-state index in [1.165, 1.54) is 81.2 Å². The Hall–Kier alpha value is -1.09. The second-order valence-corrected chi connectivity index (χ2v) is 7.81. The maximum Gasteiger partial charge on any atom is 0.123 e. The van der Waals surface area contributed by atoms with Gasteiger partial charge < -0.3 is 9.38 Å². The van der Waals surface area contributed by atoms with Crippen molar-refractivity contribution in [2.45, 2.75) is 57.4 Å². The molecule has 0 aromatic heterocycles. The predicted octanol–water partition coefficient (Wildman–Crippen LogP) is 4.60. The van der Waals surface area contributed by atoms with Gasteiger partial charge in [-0.15, -0.1) is 0 Å². The highest BCUT2D eigenvalue weighted by atomic mass is 19.1. The van der Waals surface area contributed by atoms with E-state index in [9.17, 15) is 4.39 Å². The van der Waals surface area contributed by atoms with Gasteiger partial charge in [0.1, 0.15) is 5.82 Å². The van der Waals surface area contributed by atoms with Crippen molar-refractivity contribution >= 4 is 5.69 Å². The molecule has 1 aliphatic carbocycles. The zero-order chi connectivity index (χ0) is 16.1. The molecule has 0 atom stereocenters. The van der Waals surface area contributed by atoms with Crippen LogP contribution < -0.4 is 4.90 Å². The van der Waals surface area contributed by atoms with E-state index in [0.29, 0.717) is 6.04 Å². The molecule has 1 aromatic carbocycles. The molecule has 3 heteroatoms. The Morgan fingerprint density at radius 2 is 1.57 bits per heavy atom. The molecule has 0 N–H and O–H groups in total. The molecule has 23 heavy (non-hydrogen) atoms. The van der Waals surface area contributed by atoms with Gasteiger partial charge in [0, 0.05) is 11.7 Å². The molecule has 0 amide bonds. The summed E-state index contributed by atoms with van der Waals surface area (Å²) in [5.41, 5.74) is 1.21. The molecule has 1 aromatic rings. The summed E-state index contributed by atoms with van der Waals surface area (Å²) in [4.78, 5) is 2.58. The number of nitrogens with zero attached hydrogens (tertiary/aromatic N) is 2. The summed E-state index contributed by atoms with van der Waals surface area (Å²) in [7, 11) is 2.42. The minimum Gasteiger partial charge on any atom is -0.363 e. The van der Waals surface area contributed by atoms with Gasteiger partial charge in [0.2, 0.25) is 0 Å². The lowest BCUT2D eigenvalue weighted by molar-refractivity contribution is -0.912. The lowest BCUT2D eigenvalue weighted by Gasteiger charge is -2.42. The molecule has 2 fully saturated rings. The highest BCUT2D eigenvalue weighted by Gasteiger charge is 2.28. The molecule has 0 spiro atoms. The third-order valence-corrected chi connectivity index (χ3v) is 5.95. The molecule has 1 aliphatic heterocycles. The molecule has 1 saturated heterocycles. The fourth-order valence-electron chi connectivity index (χ4n) is 4.40. The molecule has 0 bridgehead atoms. The fourth-order valence-corrected chi connectivity index (χ4v) is 4.40. The van der Waals surface area contributed by atoms with Crippen molar-refractivity contribution in [3.8, 4) is 0 Å². The second kappa shape index (κ2) is 7.65. The van der Waals surface area contributed by atoms with Gasteiger partial charge >= 0.3 is 0 Å². The Morgan fingerprint density at radius 3 is 2.22 bits per heavy atom. The van der Waals surface area contributed by atoms with Gasteiger partial charge in [0.15, 0.2) is 0 Å². The fraction of sp³-hybridized carbons (Fsp3) is 0.700. The Balaban J connectivity index is 1.70. The largest absolute Gasteiger partial charge is 0.363 e. The first-order chi connectivity index (χ1) is 11.2. The number of anilines is 1. The van der Waals surface area contributed by atoms with E-state index in [0.717, 1.165) is 6.54 Å². The highest BCUT2D eigenvalue weighted by Crippen LogP contribution is 2.28. The molecule has 3 rings (SSSR count). The number of benzene rings is 1. The molecule has 128 valence electrons. The minimum absolute atomic E-state index is 0.132. The summed E-state index contributed by atoms with van der Waals surface area (Å²) in [6.45, 7) is 4.96. The van der Waals surface area contributed by atoms with Crippen molar-refractivity contribution in [2.75, 3.05) is 38.1 Å². The van der Waals surface area contributed by atoms with E-state index in [-0.39, 0.29) is 5.82 Å². The molecule has 2 aliphatic rings. The number of piperidine rings is 1. The average molecular weight is 319 g/mol. The molecule has 0 radical (unpaired) electrons. The lowest BCUT2D eigenvalue weighted by atomic mass is 9.93. The number of hydrogen-bond acceptors (Lipinski definition) is 1. The van der Waals surface area contributed by atoms with Crippen molar-refractivity contribution in [1.29, 1.82) is 0 Å². The highest BCUT2D eigenvalue weighted by molar-refractivity contribution is 5.47. The Morgan fingerprint density at radius 1 is 0.957 bits per heavy atom. The summed E-state index contributed by atoms with van der Waals surface area (Å²) >= 11 is 0. The number of hydrogen-bond donors (Lipinski definition) is 0. The SMILES string of the molecule is C[N+]1(CCN(c2ccc(F)cc2)C2CCCCC2)CCCCC1. The molecular formula is C20H32FN2+. The van der Waals surface area contributed by atoms with Gasteiger partial charge in [-0.2, -0.15) is 0 Å². The van der Waals surface area contributed by atoms with E-state index >= 15 is 0 Å². The van der Waals surface area contributed by atoms with Crippen molar-refractivity contribution in [3.05, 3.63) is 30.1 Å². The van der Waals surface area contributed by atoms with Crippen molar-refractivity contribution < 1.29 is 8.87 Å². The van der Waals surface area contributed by atoms with Crippen LogP contribution in [0.2, 0.25) is 0 Å². The average Bonchev–Trinajstić information content (AvgIpc) is 2.58. The maximum absolute atomic E-state index is 13.3. The van der Waals surface area contributed by atoms with Crippen molar-refractivity contribution in [3.63, 3.8) is 0 Å². The van der Waals surface area contributed by atoms with Gasteiger partial charge in [0.25, 0.3) is 0 Å². The number of rotatable bonds is 5. The van der Waals surface area contributed by atoms with E-state index in [2.05, 4.69) is 11.9 Å². The van der Waals surface area contributed by atoms with Crippen LogP contribution in [0.15, 0.2) is 24.3 Å². The van der Waals surface area contributed by atoms with Crippen LogP contribution in [0.3, 0.4) is 0 Å². The van der Waals surface area contributed by atoms with Crippen LogP contribution in [-0.2, 0) is 0 Å². The summed E-state index contributed by atoms with van der Waals surface area (Å²) in [6.07, 6.45) is 10.8.